The van der Waals surface area contributed by atoms with Crippen LogP contribution < -0.4 is 10.6 Å². The van der Waals surface area contributed by atoms with Crippen molar-refractivity contribution in [2.75, 3.05) is 6.54 Å². The highest BCUT2D eigenvalue weighted by Crippen LogP contribution is 2.23. The van der Waals surface area contributed by atoms with E-state index in [2.05, 4.69) is 15.6 Å². The zero-order chi connectivity index (χ0) is 20.8. The molecule has 4 rings (SSSR count). The van der Waals surface area contributed by atoms with Crippen molar-refractivity contribution in [2.24, 2.45) is 5.92 Å². The maximum atomic E-state index is 12.1. The number of hydrogen-bond acceptors (Lipinski definition) is 3. The SMILES string of the molecule is O=C(CCNC(=O)C1CCCCC1)NCc1ccc(-n2cnc3ccccc32)cc1. The number of hydrogen-bond donors (Lipinski definition) is 2. The van der Waals surface area contributed by atoms with Gasteiger partial charge in [-0.2, -0.15) is 0 Å². The van der Waals surface area contributed by atoms with Crippen molar-refractivity contribution in [3.63, 3.8) is 0 Å². The van der Waals surface area contributed by atoms with E-state index in [1.165, 1.54) is 6.42 Å². The molecule has 1 aliphatic carbocycles. The first-order valence-electron chi connectivity index (χ1n) is 10.8. The monoisotopic (exact) mass is 404 g/mol. The number of amides is 2. The van der Waals surface area contributed by atoms with Gasteiger partial charge in [0.1, 0.15) is 6.33 Å². The van der Waals surface area contributed by atoms with Gasteiger partial charge in [-0.05, 0) is 42.7 Å². The van der Waals surface area contributed by atoms with Crippen LogP contribution in [0.25, 0.3) is 16.7 Å². The standard InChI is InChI=1S/C24H28N4O2/c29-23(14-15-25-24(30)19-6-2-1-3-7-19)26-16-18-10-12-20(13-11-18)28-17-27-21-8-4-5-9-22(21)28/h4-5,8-13,17,19H,1-3,6-7,14-16H2,(H,25,30)(H,26,29). The van der Waals surface area contributed by atoms with Crippen LogP contribution in [0.3, 0.4) is 0 Å². The highest BCUT2D eigenvalue weighted by Gasteiger charge is 2.20. The minimum absolute atomic E-state index is 0.0522. The molecule has 0 bridgehead atoms. The first-order valence-corrected chi connectivity index (χ1v) is 10.8. The Morgan fingerprint density at radius 3 is 2.53 bits per heavy atom. The summed E-state index contributed by atoms with van der Waals surface area (Å²) in [6, 6.07) is 16.1. The van der Waals surface area contributed by atoms with E-state index in [-0.39, 0.29) is 17.7 Å². The summed E-state index contributed by atoms with van der Waals surface area (Å²) < 4.78 is 2.05. The van der Waals surface area contributed by atoms with Crippen LogP contribution in [-0.4, -0.2) is 27.9 Å². The Morgan fingerprint density at radius 1 is 0.967 bits per heavy atom. The molecule has 0 atom stereocenters. The predicted molar refractivity (Wildman–Crippen MR) is 117 cm³/mol. The van der Waals surface area contributed by atoms with Crippen LogP contribution in [0.1, 0.15) is 44.1 Å². The van der Waals surface area contributed by atoms with Crippen molar-refractivity contribution in [3.05, 3.63) is 60.4 Å². The molecular formula is C24H28N4O2. The molecule has 1 aliphatic rings. The Bertz CT molecular complexity index is 1000. The van der Waals surface area contributed by atoms with Crippen LogP contribution >= 0.6 is 0 Å². The molecule has 156 valence electrons. The molecule has 1 fully saturated rings. The molecule has 3 aromatic rings. The second-order valence-electron chi connectivity index (χ2n) is 7.92. The van der Waals surface area contributed by atoms with Crippen molar-refractivity contribution >= 4 is 22.8 Å². The number of fused-ring (bicyclic) bond motifs is 1. The number of rotatable bonds is 7. The van der Waals surface area contributed by atoms with Crippen molar-refractivity contribution < 1.29 is 9.59 Å². The summed E-state index contributed by atoms with van der Waals surface area (Å²) in [7, 11) is 0. The molecule has 0 spiro atoms. The lowest BCUT2D eigenvalue weighted by molar-refractivity contribution is -0.126. The quantitative estimate of drug-likeness (QED) is 0.630. The second kappa shape index (κ2) is 9.57. The molecule has 0 unspecified atom stereocenters. The van der Waals surface area contributed by atoms with E-state index in [0.29, 0.717) is 19.5 Å². The van der Waals surface area contributed by atoms with Gasteiger partial charge in [0.05, 0.1) is 11.0 Å². The summed E-state index contributed by atoms with van der Waals surface area (Å²) in [5, 5.41) is 5.84. The van der Waals surface area contributed by atoms with Crippen LogP contribution in [0.15, 0.2) is 54.9 Å². The van der Waals surface area contributed by atoms with Gasteiger partial charge in [0.15, 0.2) is 0 Å². The number of benzene rings is 2. The van der Waals surface area contributed by atoms with Gasteiger partial charge in [-0.15, -0.1) is 0 Å². The van der Waals surface area contributed by atoms with E-state index in [0.717, 1.165) is 48.0 Å². The molecule has 1 saturated carbocycles. The van der Waals surface area contributed by atoms with Crippen LogP contribution in [0, 0.1) is 5.92 Å². The lowest BCUT2D eigenvalue weighted by atomic mass is 9.89. The van der Waals surface area contributed by atoms with E-state index in [1.54, 1.807) is 0 Å². The topological polar surface area (TPSA) is 76.0 Å². The Balaban J connectivity index is 1.23. The number of aromatic nitrogens is 2. The van der Waals surface area contributed by atoms with Gasteiger partial charge in [-0.3, -0.25) is 14.2 Å². The Kier molecular flexibility index (Phi) is 6.42. The van der Waals surface area contributed by atoms with E-state index >= 15 is 0 Å². The summed E-state index contributed by atoms with van der Waals surface area (Å²) >= 11 is 0. The number of carbonyl (C=O) groups excluding carboxylic acids is 2. The van der Waals surface area contributed by atoms with Crippen molar-refractivity contribution in [3.8, 4) is 5.69 Å². The predicted octanol–water partition coefficient (Wildman–Crippen LogP) is 3.73. The maximum Gasteiger partial charge on any atom is 0.223 e. The van der Waals surface area contributed by atoms with Gasteiger partial charge in [-0.25, -0.2) is 4.98 Å². The minimum Gasteiger partial charge on any atom is -0.355 e. The average molecular weight is 405 g/mol. The Hall–Kier alpha value is -3.15. The van der Waals surface area contributed by atoms with Crippen molar-refractivity contribution in [2.45, 2.75) is 45.1 Å². The Morgan fingerprint density at radius 2 is 1.73 bits per heavy atom. The molecule has 0 aliphatic heterocycles. The summed E-state index contributed by atoms with van der Waals surface area (Å²) in [4.78, 5) is 28.6. The summed E-state index contributed by atoms with van der Waals surface area (Å²) in [6.07, 6.45) is 7.57. The molecule has 2 amide bonds. The van der Waals surface area contributed by atoms with Gasteiger partial charge in [-0.1, -0.05) is 43.5 Å². The molecule has 6 nitrogen and oxygen atoms in total. The van der Waals surface area contributed by atoms with Gasteiger partial charge in [0.25, 0.3) is 0 Å². The third-order valence-electron chi connectivity index (χ3n) is 5.79. The average Bonchev–Trinajstić information content (AvgIpc) is 3.23. The lowest BCUT2D eigenvalue weighted by Gasteiger charge is -2.20. The lowest BCUT2D eigenvalue weighted by Crippen LogP contribution is -2.35. The maximum absolute atomic E-state index is 12.1. The van der Waals surface area contributed by atoms with Crippen LogP contribution in [0.5, 0.6) is 0 Å². The zero-order valence-corrected chi connectivity index (χ0v) is 17.1. The molecule has 1 heterocycles. The fourth-order valence-corrected chi connectivity index (χ4v) is 4.04. The van der Waals surface area contributed by atoms with Gasteiger partial charge < -0.3 is 10.6 Å². The first kappa shape index (κ1) is 20.1. The third-order valence-corrected chi connectivity index (χ3v) is 5.79. The van der Waals surface area contributed by atoms with Crippen LogP contribution in [-0.2, 0) is 16.1 Å². The summed E-state index contributed by atoms with van der Waals surface area (Å²) in [5.41, 5.74) is 4.09. The highest BCUT2D eigenvalue weighted by atomic mass is 16.2. The highest BCUT2D eigenvalue weighted by molar-refractivity contribution is 5.80. The van der Waals surface area contributed by atoms with Gasteiger partial charge >= 0.3 is 0 Å². The van der Waals surface area contributed by atoms with Crippen molar-refractivity contribution in [1.82, 2.24) is 20.2 Å². The van der Waals surface area contributed by atoms with E-state index < -0.39 is 0 Å². The second-order valence-corrected chi connectivity index (χ2v) is 7.92. The summed E-state index contributed by atoms with van der Waals surface area (Å²) in [6.45, 7) is 0.869. The zero-order valence-electron chi connectivity index (χ0n) is 17.1. The van der Waals surface area contributed by atoms with Gasteiger partial charge in [0, 0.05) is 31.1 Å². The van der Waals surface area contributed by atoms with E-state index in [9.17, 15) is 9.59 Å². The molecule has 1 aromatic heterocycles. The fraction of sp³-hybridized carbons (Fsp3) is 0.375. The minimum atomic E-state index is -0.0522. The summed E-state index contributed by atoms with van der Waals surface area (Å²) in [5.74, 6) is 0.182. The third kappa shape index (κ3) is 4.87. The number of imidazole rings is 1. The molecule has 30 heavy (non-hydrogen) atoms. The molecule has 2 N–H and O–H groups in total. The largest absolute Gasteiger partial charge is 0.355 e. The molecule has 0 saturated heterocycles. The number of carbonyl (C=O) groups is 2. The van der Waals surface area contributed by atoms with Crippen LogP contribution in [0.4, 0.5) is 0 Å². The van der Waals surface area contributed by atoms with E-state index in [1.807, 2.05) is 59.4 Å². The first-order chi connectivity index (χ1) is 14.7. The molecule has 2 aromatic carbocycles. The number of para-hydroxylation sites is 2. The Labute approximate surface area is 176 Å². The van der Waals surface area contributed by atoms with E-state index in [4.69, 9.17) is 0 Å². The van der Waals surface area contributed by atoms with Gasteiger partial charge in [0.2, 0.25) is 11.8 Å². The molecule has 0 radical (unpaired) electrons. The number of nitrogens with one attached hydrogen (secondary N) is 2. The van der Waals surface area contributed by atoms with Crippen molar-refractivity contribution in [1.29, 1.82) is 0 Å². The molecule has 6 heteroatoms. The number of nitrogens with zero attached hydrogens (tertiary/aromatic N) is 2. The smallest absolute Gasteiger partial charge is 0.223 e. The molecular weight excluding hydrogens is 376 g/mol. The fourth-order valence-electron chi connectivity index (χ4n) is 4.04. The van der Waals surface area contributed by atoms with Crippen LogP contribution in [0.2, 0.25) is 0 Å². The normalized spacial score (nSPS) is 14.5.